The van der Waals surface area contributed by atoms with Gasteiger partial charge in [0.1, 0.15) is 0 Å². The Morgan fingerprint density at radius 1 is 1.04 bits per heavy atom. The summed E-state index contributed by atoms with van der Waals surface area (Å²) in [5, 5.41) is 7.08. The highest BCUT2D eigenvalue weighted by molar-refractivity contribution is 5.80. The van der Waals surface area contributed by atoms with Gasteiger partial charge >= 0.3 is 0 Å². The molecule has 5 nitrogen and oxygen atoms in total. The minimum Gasteiger partial charge on any atom is -0.357 e. The van der Waals surface area contributed by atoms with Gasteiger partial charge in [0.05, 0.1) is 6.54 Å². The molecule has 5 heteroatoms. The number of piperidine rings is 2. The average Bonchev–Trinajstić information content (AvgIpc) is 2.59. The van der Waals surface area contributed by atoms with Crippen molar-refractivity contribution in [2.75, 3.05) is 45.8 Å². The summed E-state index contributed by atoms with van der Waals surface area (Å²) in [6.07, 6.45) is 7.81. The molecule has 0 saturated carbocycles. The number of nitrogens with zero attached hydrogens (tertiary/aromatic N) is 3. The maximum atomic E-state index is 4.83. The van der Waals surface area contributed by atoms with Crippen LogP contribution in [0.15, 0.2) is 4.99 Å². The van der Waals surface area contributed by atoms with E-state index in [1.165, 1.54) is 64.7 Å². The Balaban J connectivity index is 1.74. The van der Waals surface area contributed by atoms with E-state index in [9.17, 15) is 0 Å². The van der Waals surface area contributed by atoms with Crippen LogP contribution in [-0.2, 0) is 0 Å². The fourth-order valence-electron chi connectivity index (χ4n) is 3.91. The summed E-state index contributed by atoms with van der Waals surface area (Å²) in [6.45, 7) is 14.6. The Labute approximate surface area is 149 Å². The van der Waals surface area contributed by atoms with Crippen molar-refractivity contribution in [3.8, 4) is 0 Å². The van der Waals surface area contributed by atoms with E-state index < -0.39 is 0 Å². The lowest BCUT2D eigenvalue weighted by molar-refractivity contribution is 0.165. The number of guanidine groups is 1. The minimum atomic E-state index is 0.574. The summed E-state index contributed by atoms with van der Waals surface area (Å²) >= 11 is 0. The van der Waals surface area contributed by atoms with Gasteiger partial charge in [0, 0.05) is 38.3 Å². The topological polar surface area (TPSA) is 42.9 Å². The van der Waals surface area contributed by atoms with Crippen LogP contribution in [0.25, 0.3) is 0 Å². The van der Waals surface area contributed by atoms with Gasteiger partial charge in [-0.1, -0.05) is 13.3 Å². The van der Waals surface area contributed by atoms with Gasteiger partial charge in [-0.15, -0.1) is 0 Å². The Morgan fingerprint density at radius 2 is 1.83 bits per heavy atom. The van der Waals surface area contributed by atoms with Crippen molar-refractivity contribution in [2.24, 2.45) is 4.99 Å². The van der Waals surface area contributed by atoms with Crippen LogP contribution < -0.4 is 10.6 Å². The van der Waals surface area contributed by atoms with E-state index >= 15 is 0 Å². The highest BCUT2D eigenvalue weighted by atomic mass is 15.2. The lowest BCUT2D eigenvalue weighted by Gasteiger charge is -2.33. The van der Waals surface area contributed by atoms with Crippen LogP contribution in [0.4, 0.5) is 0 Å². The summed E-state index contributed by atoms with van der Waals surface area (Å²) < 4.78 is 0. The molecule has 140 valence electrons. The maximum Gasteiger partial charge on any atom is 0.191 e. The van der Waals surface area contributed by atoms with Crippen molar-refractivity contribution in [3.63, 3.8) is 0 Å². The fraction of sp³-hybridized carbons (Fsp3) is 0.947. The Morgan fingerprint density at radius 3 is 2.50 bits per heavy atom. The van der Waals surface area contributed by atoms with Gasteiger partial charge < -0.3 is 15.5 Å². The monoisotopic (exact) mass is 337 g/mol. The van der Waals surface area contributed by atoms with Crippen molar-refractivity contribution < 1.29 is 0 Å². The fourth-order valence-corrected chi connectivity index (χ4v) is 3.91. The Hall–Kier alpha value is -0.810. The highest BCUT2D eigenvalue weighted by Gasteiger charge is 2.20. The molecule has 2 heterocycles. The van der Waals surface area contributed by atoms with Gasteiger partial charge in [-0.2, -0.15) is 0 Å². The SMILES string of the molecule is CCCN1CCC(NC(=NCCN2CCCCC2C)NCC)CC1. The predicted molar refractivity (Wildman–Crippen MR) is 104 cm³/mol. The lowest BCUT2D eigenvalue weighted by atomic mass is 10.0. The Bertz CT molecular complexity index is 363. The largest absolute Gasteiger partial charge is 0.357 e. The number of hydrogen-bond acceptors (Lipinski definition) is 3. The molecule has 0 amide bonds. The van der Waals surface area contributed by atoms with Crippen LogP contribution in [0.1, 0.15) is 59.3 Å². The first kappa shape index (κ1) is 19.5. The quantitative estimate of drug-likeness (QED) is 0.553. The van der Waals surface area contributed by atoms with Crippen molar-refractivity contribution >= 4 is 5.96 Å². The maximum absolute atomic E-state index is 4.83. The van der Waals surface area contributed by atoms with Gasteiger partial charge in [0.15, 0.2) is 5.96 Å². The number of likely N-dealkylation sites (tertiary alicyclic amines) is 2. The molecular weight excluding hydrogens is 298 g/mol. The molecule has 0 aliphatic carbocycles. The molecule has 2 fully saturated rings. The predicted octanol–water partition coefficient (Wildman–Crippen LogP) is 2.29. The summed E-state index contributed by atoms with van der Waals surface area (Å²) in [6, 6.07) is 1.30. The zero-order valence-electron chi connectivity index (χ0n) is 16.2. The molecule has 2 aliphatic rings. The molecule has 2 rings (SSSR count). The number of rotatable bonds is 7. The first-order chi connectivity index (χ1) is 11.7. The van der Waals surface area contributed by atoms with Gasteiger partial charge in [0.2, 0.25) is 0 Å². The standard InChI is InChI=1S/C19H39N5/c1-4-12-23-14-9-18(10-15-23)22-19(20-5-2)21-11-16-24-13-7-6-8-17(24)3/h17-18H,4-16H2,1-3H3,(H2,20,21,22). The van der Waals surface area contributed by atoms with E-state index in [1.807, 2.05) is 0 Å². The van der Waals surface area contributed by atoms with E-state index in [-0.39, 0.29) is 0 Å². The molecule has 0 aromatic heterocycles. The smallest absolute Gasteiger partial charge is 0.191 e. The highest BCUT2D eigenvalue weighted by Crippen LogP contribution is 2.15. The van der Waals surface area contributed by atoms with Crippen molar-refractivity contribution in [2.45, 2.75) is 71.4 Å². The molecule has 0 aromatic carbocycles. The van der Waals surface area contributed by atoms with Gasteiger partial charge in [-0.3, -0.25) is 9.89 Å². The third-order valence-corrected chi connectivity index (χ3v) is 5.41. The first-order valence-electron chi connectivity index (χ1n) is 10.2. The van der Waals surface area contributed by atoms with Crippen LogP contribution in [0.2, 0.25) is 0 Å². The van der Waals surface area contributed by atoms with Crippen LogP contribution in [0, 0.1) is 0 Å². The minimum absolute atomic E-state index is 0.574. The van der Waals surface area contributed by atoms with Crippen LogP contribution in [0.3, 0.4) is 0 Å². The molecule has 0 aromatic rings. The van der Waals surface area contributed by atoms with Crippen molar-refractivity contribution in [1.82, 2.24) is 20.4 Å². The molecule has 0 radical (unpaired) electrons. The third kappa shape index (κ3) is 6.60. The van der Waals surface area contributed by atoms with Gasteiger partial charge in [0.25, 0.3) is 0 Å². The molecular formula is C19H39N5. The summed E-state index contributed by atoms with van der Waals surface area (Å²) in [7, 11) is 0. The van der Waals surface area contributed by atoms with Crippen LogP contribution in [-0.4, -0.2) is 73.7 Å². The van der Waals surface area contributed by atoms with E-state index in [2.05, 4.69) is 41.2 Å². The number of aliphatic imine (C=N–C) groups is 1. The zero-order chi connectivity index (χ0) is 17.2. The summed E-state index contributed by atoms with van der Waals surface area (Å²) in [5.74, 6) is 1.01. The second kappa shape index (κ2) is 10.9. The Kier molecular flexibility index (Phi) is 8.89. The number of nitrogens with one attached hydrogen (secondary N) is 2. The zero-order valence-corrected chi connectivity index (χ0v) is 16.2. The molecule has 1 atom stereocenters. The first-order valence-corrected chi connectivity index (χ1v) is 10.2. The third-order valence-electron chi connectivity index (χ3n) is 5.41. The van der Waals surface area contributed by atoms with Gasteiger partial charge in [-0.05, 0) is 59.0 Å². The summed E-state index contributed by atoms with van der Waals surface area (Å²) in [5.41, 5.74) is 0. The lowest BCUT2D eigenvalue weighted by Crippen LogP contribution is -2.49. The number of hydrogen-bond donors (Lipinski definition) is 2. The van der Waals surface area contributed by atoms with Crippen LogP contribution in [0.5, 0.6) is 0 Å². The molecule has 24 heavy (non-hydrogen) atoms. The van der Waals surface area contributed by atoms with Crippen LogP contribution >= 0.6 is 0 Å². The van der Waals surface area contributed by atoms with E-state index in [0.29, 0.717) is 6.04 Å². The van der Waals surface area contributed by atoms with E-state index in [1.54, 1.807) is 0 Å². The molecule has 0 bridgehead atoms. The summed E-state index contributed by atoms with van der Waals surface area (Å²) in [4.78, 5) is 10.0. The second-order valence-corrected chi connectivity index (χ2v) is 7.40. The van der Waals surface area contributed by atoms with E-state index in [4.69, 9.17) is 4.99 Å². The normalized spacial score (nSPS) is 25.0. The molecule has 2 N–H and O–H groups in total. The van der Waals surface area contributed by atoms with Crippen molar-refractivity contribution in [1.29, 1.82) is 0 Å². The molecule has 2 saturated heterocycles. The van der Waals surface area contributed by atoms with E-state index in [0.717, 1.165) is 31.6 Å². The van der Waals surface area contributed by atoms with Crippen molar-refractivity contribution in [3.05, 3.63) is 0 Å². The molecule has 2 aliphatic heterocycles. The van der Waals surface area contributed by atoms with Gasteiger partial charge in [-0.25, -0.2) is 0 Å². The average molecular weight is 338 g/mol. The molecule has 0 spiro atoms. The second-order valence-electron chi connectivity index (χ2n) is 7.40. The molecule has 1 unspecified atom stereocenters.